The van der Waals surface area contributed by atoms with Crippen LogP contribution in [0.1, 0.15) is 99.3 Å². The maximum atomic E-state index is 14.1. The summed E-state index contributed by atoms with van der Waals surface area (Å²) in [6, 6.07) is -7.78. The van der Waals surface area contributed by atoms with Crippen molar-refractivity contribution in [1.29, 1.82) is 0 Å². The third-order valence-electron chi connectivity index (χ3n) is 9.40. The number of nitrogens with one attached hydrogen (secondary N) is 6. The molecule has 1 aliphatic heterocycles. The fraction of sp³-hybridized carbons (Fsp3) is 0.667. The largest absolute Gasteiger partial charge is 0.481 e. The van der Waals surface area contributed by atoms with Gasteiger partial charge in [-0.25, -0.2) is 0 Å². The van der Waals surface area contributed by atoms with E-state index in [1.54, 1.807) is 27.7 Å². The van der Waals surface area contributed by atoms with E-state index in [1.165, 1.54) is 11.0 Å². The van der Waals surface area contributed by atoms with Crippen LogP contribution < -0.4 is 31.9 Å². The van der Waals surface area contributed by atoms with Crippen LogP contribution in [-0.2, 0) is 57.5 Å². The van der Waals surface area contributed by atoms with Crippen LogP contribution in [0.4, 0.5) is 0 Å². The van der Waals surface area contributed by atoms with Crippen molar-refractivity contribution in [1.82, 2.24) is 36.8 Å². The first-order chi connectivity index (χ1) is 28.1. The topological polar surface area (TPSA) is 313 Å². The van der Waals surface area contributed by atoms with Gasteiger partial charge in [-0.05, 0) is 43.9 Å². The summed E-state index contributed by atoms with van der Waals surface area (Å²) in [5.41, 5.74) is 0. The number of hydrogen-bond donors (Lipinski definition) is 8. The highest BCUT2D eigenvalue weighted by molar-refractivity contribution is 6.38. The summed E-state index contributed by atoms with van der Waals surface area (Å²) in [7, 11) is 0. The van der Waals surface area contributed by atoms with Crippen molar-refractivity contribution >= 4 is 65.0 Å². The van der Waals surface area contributed by atoms with Gasteiger partial charge in [0.25, 0.3) is 5.91 Å². The molecule has 1 aliphatic rings. The Bertz CT molecular complexity index is 1600. The molecule has 60 heavy (non-hydrogen) atoms. The van der Waals surface area contributed by atoms with Crippen LogP contribution in [0.2, 0.25) is 0 Å². The van der Waals surface area contributed by atoms with E-state index in [0.717, 1.165) is 6.92 Å². The molecule has 1 rings (SSSR count). The number of likely N-dealkylation sites (tertiary alicyclic amines) is 1. The minimum Gasteiger partial charge on any atom is -0.481 e. The maximum Gasteiger partial charge on any atom is 0.325 e. The first kappa shape index (κ1) is 52.1. The van der Waals surface area contributed by atoms with Gasteiger partial charge in [0, 0.05) is 26.3 Å². The number of esters is 1. The van der Waals surface area contributed by atoms with Crippen molar-refractivity contribution in [3.8, 4) is 0 Å². The molecule has 1 heterocycles. The van der Waals surface area contributed by atoms with Gasteiger partial charge in [-0.15, -0.1) is 0 Å². The lowest BCUT2D eigenvalue weighted by Gasteiger charge is -2.33. The summed E-state index contributed by atoms with van der Waals surface area (Å²) in [4.78, 5) is 141. The second kappa shape index (κ2) is 26.3. The number of unbranched alkanes of at least 4 members (excludes halogenated alkanes) is 1. The lowest BCUT2D eigenvalue weighted by molar-refractivity contribution is -0.146. The van der Waals surface area contributed by atoms with Gasteiger partial charge in [-0.2, -0.15) is 0 Å². The molecule has 8 N–H and O–H groups in total. The summed E-state index contributed by atoms with van der Waals surface area (Å²) >= 11 is 0. The van der Waals surface area contributed by atoms with E-state index in [4.69, 9.17) is 9.84 Å². The quantitative estimate of drug-likeness (QED) is 0.0281. The maximum absolute atomic E-state index is 14.1. The Morgan fingerprint density at radius 3 is 1.82 bits per heavy atom. The average Bonchev–Trinajstić information content (AvgIpc) is 3.68. The van der Waals surface area contributed by atoms with Crippen molar-refractivity contribution in [3.05, 3.63) is 12.7 Å². The van der Waals surface area contributed by atoms with Crippen LogP contribution in [0.25, 0.3) is 0 Å². The van der Waals surface area contributed by atoms with E-state index in [2.05, 4.69) is 38.5 Å². The SMILES string of the molecule is C=CCOC(=O)CNC(=O)C(=O)[C@H](CCCC)NC(=O)[C@@H]1CCCN1C(=O)[C@@H](NC(=O)[C@@H](NC(=O)C(CCC(=O)O)NC(=O)[C@H](CCC(=O)O)NC(C)=O)C(C)C)C(C)C. The van der Waals surface area contributed by atoms with Gasteiger partial charge in [0.15, 0.2) is 0 Å². The molecule has 1 saturated heterocycles. The van der Waals surface area contributed by atoms with Crippen molar-refractivity contribution < 1.29 is 67.7 Å². The highest BCUT2D eigenvalue weighted by atomic mass is 16.5. The van der Waals surface area contributed by atoms with Crippen LogP contribution >= 0.6 is 0 Å². The second-order valence-electron chi connectivity index (χ2n) is 15.1. The Kier molecular flexibility index (Phi) is 22.8. The molecule has 1 unspecified atom stereocenters. The van der Waals surface area contributed by atoms with E-state index >= 15 is 0 Å². The number of carboxylic acids is 2. The average molecular weight is 852 g/mol. The van der Waals surface area contributed by atoms with Gasteiger partial charge in [0.1, 0.15) is 43.4 Å². The molecule has 0 bridgehead atoms. The molecule has 0 aromatic rings. The lowest BCUT2D eigenvalue weighted by atomic mass is 9.98. The number of rotatable bonds is 27. The van der Waals surface area contributed by atoms with Crippen LogP contribution in [0, 0.1) is 11.8 Å². The molecule has 21 nitrogen and oxygen atoms in total. The highest BCUT2D eigenvalue weighted by Crippen LogP contribution is 2.21. The normalized spacial score (nSPS) is 15.9. The number of nitrogens with zero attached hydrogens (tertiary/aromatic N) is 1. The van der Waals surface area contributed by atoms with Gasteiger partial charge in [-0.1, -0.05) is 60.1 Å². The number of carbonyl (C=O) groups excluding carboxylic acids is 9. The van der Waals surface area contributed by atoms with Crippen LogP contribution in [0.3, 0.4) is 0 Å². The van der Waals surface area contributed by atoms with E-state index in [1.807, 2.05) is 6.92 Å². The number of hydrogen-bond acceptors (Lipinski definition) is 12. The summed E-state index contributed by atoms with van der Waals surface area (Å²) < 4.78 is 4.79. The molecule has 0 radical (unpaired) electrons. The summed E-state index contributed by atoms with van der Waals surface area (Å²) in [6.45, 7) is 12.3. The number of ketones is 1. The van der Waals surface area contributed by atoms with Crippen LogP contribution in [0.5, 0.6) is 0 Å². The lowest BCUT2D eigenvalue weighted by Crippen LogP contribution is -2.61. The van der Waals surface area contributed by atoms with Crippen LogP contribution in [0.15, 0.2) is 12.7 Å². The van der Waals surface area contributed by atoms with Crippen LogP contribution in [-0.4, -0.2) is 136 Å². The zero-order valence-corrected chi connectivity index (χ0v) is 35.1. The molecule has 336 valence electrons. The van der Waals surface area contributed by atoms with E-state index < -0.39 is 139 Å². The number of aliphatic carboxylic acids is 2. The Morgan fingerprint density at radius 2 is 1.30 bits per heavy atom. The summed E-state index contributed by atoms with van der Waals surface area (Å²) in [5.74, 6) is -11.3. The zero-order chi connectivity index (χ0) is 45.7. The number of carboxylic acid groups (broad SMARTS) is 2. The molecular weight excluding hydrogens is 790 g/mol. The van der Waals surface area contributed by atoms with Crippen molar-refractivity contribution in [2.24, 2.45) is 11.8 Å². The predicted octanol–water partition coefficient (Wildman–Crippen LogP) is -0.932. The Hall–Kier alpha value is -5.89. The molecule has 0 saturated carbocycles. The molecule has 0 aromatic carbocycles. The first-order valence-electron chi connectivity index (χ1n) is 20.0. The van der Waals surface area contributed by atoms with E-state index in [0.29, 0.717) is 19.3 Å². The number of Topliss-reactive ketones (excluding diaryl/α,β-unsaturated/α-hetero) is 1. The summed E-state index contributed by atoms with van der Waals surface area (Å²) in [6.07, 6.45) is 1.27. The smallest absolute Gasteiger partial charge is 0.325 e. The molecule has 21 heteroatoms. The Balaban J connectivity index is 3.22. The van der Waals surface area contributed by atoms with Crippen molar-refractivity contribution in [3.63, 3.8) is 0 Å². The standard InChI is InChI=1S/C39H61N7O14/c1-8-10-12-24(33(53)38(58)40-20-30(52)60-19-9-2)42-36(56)27-13-11-18-46(27)39(59)32(22(5)6)45-37(57)31(21(3)4)44-35(55)26(15-17-29(50)51)43-34(54)25(41-23(7)47)14-16-28(48)49/h9,21-22,24-27,31-32H,2,8,10-20H2,1,3-7H3,(H,40,58)(H,41,47)(H,42,56)(H,43,54)(H,44,55)(H,45,57)(H,48,49)(H,50,51)/t24-,25-,26?,27-,31-,32-/m0/s1. The summed E-state index contributed by atoms with van der Waals surface area (Å²) in [5, 5.41) is 33.0. The fourth-order valence-electron chi connectivity index (χ4n) is 6.16. The predicted molar refractivity (Wildman–Crippen MR) is 212 cm³/mol. The van der Waals surface area contributed by atoms with Gasteiger partial charge in [-0.3, -0.25) is 52.7 Å². The van der Waals surface area contributed by atoms with E-state index in [-0.39, 0.29) is 32.4 Å². The fourth-order valence-corrected chi connectivity index (χ4v) is 6.16. The van der Waals surface area contributed by atoms with E-state index in [9.17, 15) is 57.8 Å². The molecule has 1 fully saturated rings. The third-order valence-corrected chi connectivity index (χ3v) is 9.40. The Morgan fingerprint density at radius 1 is 0.750 bits per heavy atom. The van der Waals surface area contributed by atoms with Crippen molar-refractivity contribution in [2.45, 2.75) is 136 Å². The van der Waals surface area contributed by atoms with Gasteiger partial charge in [0.05, 0.1) is 6.04 Å². The molecule has 0 aliphatic carbocycles. The molecule has 7 amide bonds. The number of ether oxygens (including phenoxy) is 1. The highest BCUT2D eigenvalue weighted by Gasteiger charge is 2.41. The minimum absolute atomic E-state index is 0.0918. The van der Waals surface area contributed by atoms with Gasteiger partial charge >= 0.3 is 17.9 Å². The molecule has 0 aromatic heterocycles. The molecular formula is C39H61N7O14. The number of carbonyl (C=O) groups is 11. The zero-order valence-electron chi connectivity index (χ0n) is 35.1. The number of amides is 7. The van der Waals surface area contributed by atoms with Gasteiger partial charge < -0.3 is 51.8 Å². The van der Waals surface area contributed by atoms with Gasteiger partial charge in [0.2, 0.25) is 41.2 Å². The first-order valence-corrected chi connectivity index (χ1v) is 20.0. The monoisotopic (exact) mass is 851 g/mol. The molecule has 0 spiro atoms. The minimum atomic E-state index is -1.53. The molecule has 6 atom stereocenters. The van der Waals surface area contributed by atoms with Crippen molar-refractivity contribution in [2.75, 3.05) is 19.7 Å². The Labute approximate surface area is 348 Å². The third kappa shape index (κ3) is 17.9. The second-order valence-corrected chi connectivity index (χ2v) is 15.1.